The van der Waals surface area contributed by atoms with Gasteiger partial charge in [-0.05, 0) is 29.5 Å². The van der Waals surface area contributed by atoms with Gasteiger partial charge in [0.25, 0.3) is 0 Å². The molecule has 0 saturated carbocycles. The minimum Gasteiger partial charge on any atom is -0.338 e. The molecule has 0 unspecified atom stereocenters. The Morgan fingerprint density at radius 1 is 1.00 bits per heavy atom. The lowest BCUT2D eigenvalue weighted by molar-refractivity contribution is 0.269. The molecule has 6 heteroatoms. The van der Waals surface area contributed by atoms with Crippen molar-refractivity contribution < 1.29 is 0 Å². The minimum absolute atomic E-state index is 0.433. The summed E-state index contributed by atoms with van der Waals surface area (Å²) in [5.41, 5.74) is 3.76. The lowest BCUT2D eigenvalue weighted by Gasteiger charge is -2.33. The van der Waals surface area contributed by atoms with Crippen LogP contribution in [0.2, 0.25) is 0 Å². The molecule has 3 rings (SSSR count). The van der Waals surface area contributed by atoms with E-state index in [2.05, 4.69) is 78.1 Å². The summed E-state index contributed by atoms with van der Waals surface area (Å²) in [6, 6.07) is 6.53. The highest BCUT2D eigenvalue weighted by Gasteiger charge is 2.19. The smallest absolute Gasteiger partial charge is 0.247 e. The number of nitrogens with zero attached hydrogens (tertiary/aromatic N) is 5. The quantitative estimate of drug-likeness (QED) is 0.831. The maximum Gasteiger partial charge on any atom is 0.247 e. The first kappa shape index (κ1) is 19.5. The van der Waals surface area contributed by atoms with Crippen LogP contribution in [0.4, 0.5) is 17.5 Å². The normalized spacial score (nSPS) is 15.6. The van der Waals surface area contributed by atoms with Crippen LogP contribution in [-0.2, 0) is 0 Å². The summed E-state index contributed by atoms with van der Waals surface area (Å²) in [7, 11) is 0. The van der Waals surface area contributed by atoms with E-state index < -0.39 is 0 Å². The molecule has 1 aromatic carbocycles. The van der Waals surface area contributed by atoms with E-state index in [-0.39, 0.29) is 0 Å². The molecule has 0 amide bonds. The second-order valence-electron chi connectivity index (χ2n) is 7.81. The summed E-state index contributed by atoms with van der Waals surface area (Å²) in [6.45, 7) is 16.2. The van der Waals surface area contributed by atoms with E-state index in [1.54, 1.807) is 6.20 Å². The van der Waals surface area contributed by atoms with Gasteiger partial charge >= 0.3 is 0 Å². The van der Waals surface area contributed by atoms with Crippen molar-refractivity contribution in [3.8, 4) is 0 Å². The van der Waals surface area contributed by atoms with E-state index in [4.69, 9.17) is 4.98 Å². The molecule has 1 aliphatic rings. The molecule has 2 heterocycles. The molecule has 1 fully saturated rings. The Balaban J connectivity index is 1.85. The fourth-order valence-corrected chi connectivity index (χ4v) is 3.58. The van der Waals surface area contributed by atoms with Crippen molar-refractivity contribution in [1.82, 2.24) is 20.1 Å². The SMILES string of the molecule is CCN1CCN(c2nncc(Nc3c(C(C)C)cccc3C(C)C)n2)CC1. The van der Waals surface area contributed by atoms with Gasteiger partial charge < -0.3 is 15.1 Å². The standard InChI is InChI=1S/C21H32N6/c1-6-26-10-12-27(13-11-26)21-24-19(14-22-25-21)23-20-17(15(2)3)8-7-9-18(20)16(4)5/h7-9,14-16H,6,10-13H2,1-5H3,(H,23,24,25). The zero-order valence-corrected chi connectivity index (χ0v) is 17.2. The maximum atomic E-state index is 4.77. The second-order valence-corrected chi connectivity index (χ2v) is 7.81. The Kier molecular flexibility index (Phi) is 6.26. The Labute approximate surface area is 163 Å². The molecular weight excluding hydrogens is 336 g/mol. The monoisotopic (exact) mass is 368 g/mol. The van der Waals surface area contributed by atoms with E-state index in [0.717, 1.165) is 44.2 Å². The molecule has 1 saturated heterocycles. The number of anilines is 3. The zero-order valence-electron chi connectivity index (χ0n) is 17.2. The van der Waals surface area contributed by atoms with Crippen LogP contribution in [0, 0.1) is 0 Å². The van der Waals surface area contributed by atoms with E-state index in [1.165, 1.54) is 11.1 Å². The van der Waals surface area contributed by atoms with Crippen LogP contribution in [0.1, 0.15) is 57.6 Å². The average Bonchev–Trinajstić information content (AvgIpc) is 2.68. The lowest BCUT2D eigenvalue weighted by atomic mass is 9.92. The van der Waals surface area contributed by atoms with E-state index in [0.29, 0.717) is 17.8 Å². The molecule has 0 atom stereocenters. The number of rotatable bonds is 6. The van der Waals surface area contributed by atoms with Crippen LogP contribution in [0.5, 0.6) is 0 Å². The number of nitrogens with one attached hydrogen (secondary N) is 1. The summed E-state index contributed by atoms with van der Waals surface area (Å²) in [5.74, 6) is 2.34. The van der Waals surface area contributed by atoms with Gasteiger partial charge in [-0.25, -0.2) is 0 Å². The average molecular weight is 369 g/mol. The molecule has 1 N–H and O–H groups in total. The number of benzene rings is 1. The van der Waals surface area contributed by atoms with Gasteiger partial charge in [-0.3, -0.25) is 0 Å². The molecule has 146 valence electrons. The summed E-state index contributed by atoms with van der Waals surface area (Å²) in [5, 5.41) is 12.0. The largest absolute Gasteiger partial charge is 0.338 e. The van der Waals surface area contributed by atoms with E-state index in [1.807, 2.05) is 0 Å². The molecule has 2 aromatic rings. The Morgan fingerprint density at radius 2 is 1.63 bits per heavy atom. The predicted octanol–water partition coefficient (Wildman–Crippen LogP) is 4.00. The molecule has 0 spiro atoms. The van der Waals surface area contributed by atoms with Crippen LogP contribution >= 0.6 is 0 Å². The summed E-state index contributed by atoms with van der Waals surface area (Å²) in [6.07, 6.45) is 1.72. The van der Waals surface area contributed by atoms with Crippen LogP contribution in [0.3, 0.4) is 0 Å². The number of likely N-dealkylation sites (N-methyl/N-ethyl adjacent to an activating group) is 1. The second kappa shape index (κ2) is 8.65. The third-order valence-electron chi connectivity index (χ3n) is 5.28. The molecule has 0 bridgehead atoms. The third-order valence-corrected chi connectivity index (χ3v) is 5.28. The highest BCUT2D eigenvalue weighted by atomic mass is 15.4. The predicted molar refractivity (Wildman–Crippen MR) is 112 cm³/mol. The number of para-hydroxylation sites is 1. The Hall–Kier alpha value is -2.21. The van der Waals surface area contributed by atoms with Crippen molar-refractivity contribution in [2.75, 3.05) is 42.9 Å². The van der Waals surface area contributed by atoms with Crippen molar-refractivity contribution in [2.24, 2.45) is 0 Å². The van der Waals surface area contributed by atoms with Crippen molar-refractivity contribution >= 4 is 17.5 Å². The van der Waals surface area contributed by atoms with Gasteiger partial charge in [0.15, 0.2) is 5.82 Å². The first-order valence-corrected chi connectivity index (χ1v) is 10.1. The van der Waals surface area contributed by atoms with Gasteiger partial charge in [0, 0.05) is 31.9 Å². The first-order valence-electron chi connectivity index (χ1n) is 10.1. The van der Waals surface area contributed by atoms with Crippen molar-refractivity contribution in [3.05, 3.63) is 35.5 Å². The maximum absolute atomic E-state index is 4.77. The van der Waals surface area contributed by atoms with Gasteiger partial charge in [-0.15, -0.1) is 5.10 Å². The highest BCUT2D eigenvalue weighted by Crippen LogP contribution is 2.34. The summed E-state index contributed by atoms with van der Waals surface area (Å²) >= 11 is 0. The molecule has 0 aliphatic carbocycles. The molecule has 0 radical (unpaired) electrons. The fourth-order valence-electron chi connectivity index (χ4n) is 3.58. The van der Waals surface area contributed by atoms with Crippen molar-refractivity contribution in [3.63, 3.8) is 0 Å². The topological polar surface area (TPSA) is 57.2 Å². The van der Waals surface area contributed by atoms with E-state index >= 15 is 0 Å². The van der Waals surface area contributed by atoms with Gasteiger partial charge in [0.2, 0.25) is 5.95 Å². The van der Waals surface area contributed by atoms with Crippen LogP contribution in [-0.4, -0.2) is 52.8 Å². The fraction of sp³-hybridized carbons (Fsp3) is 0.571. The zero-order chi connectivity index (χ0) is 19.4. The Morgan fingerprint density at radius 3 is 2.19 bits per heavy atom. The molecule has 1 aromatic heterocycles. The van der Waals surface area contributed by atoms with E-state index in [9.17, 15) is 0 Å². The molecule has 6 nitrogen and oxygen atoms in total. The van der Waals surface area contributed by atoms with Gasteiger partial charge in [-0.2, -0.15) is 10.1 Å². The number of hydrogen-bond donors (Lipinski definition) is 1. The minimum atomic E-state index is 0.433. The van der Waals surface area contributed by atoms with Gasteiger partial charge in [0.1, 0.15) is 0 Å². The van der Waals surface area contributed by atoms with Crippen LogP contribution in [0.25, 0.3) is 0 Å². The number of aromatic nitrogens is 3. The first-order chi connectivity index (χ1) is 13.0. The number of piperazine rings is 1. The van der Waals surface area contributed by atoms with Gasteiger partial charge in [-0.1, -0.05) is 52.8 Å². The third kappa shape index (κ3) is 4.56. The van der Waals surface area contributed by atoms with Crippen LogP contribution < -0.4 is 10.2 Å². The lowest BCUT2D eigenvalue weighted by Crippen LogP contribution is -2.46. The highest BCUT2D eigenvalue weighted by molar-refractivity contribution is 5.66. The number of hydrogen-bond acceptors (Lipinski definition) is 6. The molecule has 27 heavy (non-hydrogen) atoms. The van der Waals surface area contributed by atoms with Crippen molar-refractivity contribution in [2.45, 2.75) is 46.5 Å². The molecule has 1 aliphatic heterocycles. The summed E-state index contributed by atoms with van der Waals surface area (Å²) in [4.78, 5) is 9.43. The van der Waals surface area contributed by atoms with Gasteiger partial charge in [0.05, 0.1) is 6.20 Å². The van der Waals surface area contributed by atoms with Crippen LogP contribution in [0.15, 0.2) is 24.4 Å². The van der Waals surface area contributed by atoms with Crippen molar-refractivity contribution in [1.29, 1.82) is 0 Å². The molecular formula is C21H32N6. The Bertz CT molecular complexity index is 724. The summed E-state index contributed by atoms with van der Waals surface area (Å²) < 4.78 is 0.